The lowest BCUT2D eigenvalue weighted by molar-refractivity contribution is -0.157. The molecule has 2 aromatic carbocycles. The highest BCUT2D eigenvalue weighted by Gasteiger charge is 2.47. The minimum Gasteiger partial charge on any atom is -0.493 e. The molecule has 1 saturated carbocycles. The quantitative estimate of drug-likeness (QED) is 0.490. The summed E-state index contributed by atoms with van der Waals surface area (Å²) in [5.41, 5.74) is 0.334. The SMILES string of the molecule is COc1ccc(CCC(=O)OCC(=O)N(C)C2(c3ccccc3Cl)CCCCC2=O)cc1OC. The number of likely N-dealkylation sites (N-methyl/N-ethyl adjacent to an activating group) is 1. The van der Waals surface area contributed by atoms with Crippen molar-refractivity contribution in [3.8, 4) is 11.5 Å². The number of ether oxygens (including phenoxy) is 3. The molecule has 0 aromatic heterocycles. The number of esters is 1. The molecule has 1 aliphatic carbocycles. The third-order valence-corrected chi connectivity index (χ3v) is 6.67. The zero-order chi connectivity index (χ0) is 24.7. The first kappa shape index (κ1) is 25.6. The van der Waals surface area contributed by atoms with Gasteiger partial charge in [0.25, 0.3) is 5.91 Å². The number of hydrogen-bond donors (Lipinski definition) is 0. The molecule has 0 aliphatic heterocycles. The van der Waals surface area contributed by atoms with Crippen molar-refractivity contribution >= 4 is 29.3 Å². The predicted octanol–water partition coefficient (Wildman–Crippen LogP) is 4.33. The highest BCUT2D eigenvalue weighted by molar-refractivity contribution is 6.31. The van der Waals surface area contributed by atoms with Gasteiger partial charge in [-0.2, -0.15) is 0 Å². The largest absolute Gasteiger partial charge is 0.493 e. The molecule has 1 atom stereocenters. The molecule has 0 radical (unpaired) electrons. The summed E-state index contributed by atoms with van der Waals surface area (Å²) in [5.74, 6) is 0.176. The molecule has 8 heteroatoms. The Hall–Kier alpha value is -3.06. The van der Waals surface area contributed by atoms with Crippen molar-refractivity contribution in [1.29, 1.82) is 0 Å². The zero-order valence-electron chi connectivity index (χ0n) is 19.8. The van der Waals surface area contributed by atoms with E-state index < -0.39 is 24.0 Å². The van der Waals surface area contributed by atoms with Gasteiger partial charge in [-0.15, -0.1) is 0 Å². The molecule has 0 saturated heterocycles. The number of benzene rings is 2. The molecule has 0 bridgehead atoms. The molecule has 7 nitrogen and oxygen atoms in total. The van der Waals surface area contributed by atoms with E-state index in [4.69, 9.17) is 25.8 Å². The number of ketones is 1. The molecule has 0 N–H and O–H groups in total. The minimum absolute atomic E-state index is 0.0533. The average molecular weight is 488 g/mol. The van der Waals surface area contributed by atoms with Crippen LogP contribution in [0.15, 0.2) is 42.5 Å². The van der Waals surface area contributed by atoms with E-state index in [0.29, 0.717) is 41.3 Å². The fourth-order valence-corrected chi connectivity index (χ4v) is 4.73. The monoisotopic (exact) mass is 487 g/mol. The summed E-state index contributed by atoms with van der Waals surface area (Å²) in [6.45, 7) is -0.444. The van der Waals surface area contributed by atoms with Crippen LogP contribution in [0.5, 0.6) is 11.5 Å². The molecule has 1 unspecified atom stereocenters. The van der Waals surface area contributed by atoms with Crippen molar-refractivity contribution in [1.82, 2.24) is 4.90 Å². The summed E-state index contributed by atoms with van der Waals surface area (Å²) < 4.78 is 15.8. The maximum absolute atomic E-state index is 13.1. The number of carbonyl (C=O) groups excluding carboxylic acids is 3. The average Bonchev–Trinajstić information content (AvgIpc) is 2.86. The summed E-state index contributed by atoms with van der Waals surface area (Å²) >= 11 is 6.44. The van der Waals surface area contributed by atoms with Gasteiger partial charge in [-0.1, -0.05) is 35.9 Å². The Morgan fingerprint density at radius 3 is 2.47 bits per heavy atom. The van der Waals surface area contributed by atoms with Crippen LogP contribution >= 0.6 is 11.6 Å². The molecule has 1 aliphatic rings. The van der Waals surface area contributed by atoms with Gasteiger partial charge < -0.3 is 19.1 Å². The van der Waals surface area contributed by atoms with E-state index in [-0.39, 0.29) is 12.2 Å². The van der Waals surface area contributed by atoms with Gasteiger partial charge in [-0.3, -0.25) is 14.4 Å². The Kier molecular flexibility index (Phi) is 8.56. The molecule has 1 fully saturated rings. The molecule has 34 heavy (non-hydrogen) atoms. The lowest BCUT2D eigenvalue weighted by atomic mass is 9.74. The van der Waals surface area contributed by atoms with Crippen LogP contribution in [0.4, 0.5) is 0 Å². The van der Waals surface area contributed by atoms with Crippen LogP contribution in [0.3, 0.4) is 0 Å². The fraction of sp³-hybridized carbons (Fsp3) is 0.423. The normalized spacial score (nSPS) is 17.7. The number of Topliss-reactive ketones (excluding diaryl/α,β-unsaturated/α-hetero) is 1. The van der Waals surface area contributed by atoms with Gasteiger partial charge in [0.2, 0.25) is 0 Å². The number of halogens is 1. The highest BCUT2D eigenvalue weighted by atomic mass is 35.5. The minimum atomic E-state index is -1.15. The number of methoxy groups -OCH3 is 2. The Labute approximate surface area is 204 Å². The molecule has 2 aromatic rings. The van der Waals surface area contributed by atoms with Crippen molar-refractivity contribution in [2.45, 2.75) is 44.1 Å². The second kappa shape index (κ2) is 11.4. The Morgan fingerprint density at radius 2 is 1.79 bits per heavy atom. The maximum atomic E-state index is 13.1. The molecule has 0 heterocycles. The van der Waals surface area contributed by atoms with Gasteiger partial charge in [-0.25, -0.2) is 0 Å². The van der Waals surface area contributed by atoms with E-state index in [1.54, 1.807) is 57.7 Å². The number of carbonyl (C=O) groups is 3. The summed E-state index contributed by atoms with van der Waals surface area (Å²) in [4.78, 5) is 39.9. The standard InChI is InChI=1S/C26H30ClNO6/c1-28(26(15-7-6-10-23(26)29)19-8-4-5-9-20(19)27)24(30)17-34-25(31)14-12-18-11-13-21(32-2)22(16-18)33-3/h4-5,8-9,11,13,16H,6-7,10,12,14-15,17H2,1-3H3. The van der Waals surface area contributed by atoms with Crippen molar-refractivity contribution in [2.24, 2.45) is 0 Å². The van der Waals surface area contributed by atoms with Crippen LogP contribution in [0, 0.1) is 0 Å². The van der Waals surface area contributed by atoms with Gasteiger partial charge in [0.05, 0.1) is 14.2 Å². The number of nitrogens with zero attached hydrogens (tertiary/aromatic N) is 1. The first-order chi connectivity index (χ1) is 16.3. The van der Waals surface area contributed by atoms with Crippen molar-refractivity contribution in [3.63, 3.8) is 0 Å². The van der Waals surface area contributed by atoms with Crippen molar-refractivity contribution < 1.29 is 28.6 Å². The third kappa shape index (κ3) is 5.36. The molecule has 182 valence electrons. The van der Waals surface area contributed by atoms with E-state index >= 15 is 0 Å². The molecule has 0 spiro atoms. The highest BCUT2D eigenvalue weighted by Crippen LogP contribution is 2.42. The van der Waals surface area contributed by atoms with E-state index in [2.05, 4.69) is 0 Å². The fourth-order valence-electron chi connectivity index (χ4n) is 4.44. The van der Waals surface area contributed by atoms with Crippen LogP contribution in [-0.2, 0) is 31.1 Å². The second-order valence-corrected chi connectivity index (χ2v) is 8.68. The lowest BCUT2D eigenvalue weighted by Gasteiger charge is -2.43. The van der Waals surface area contributed by atoms with Crippen LogP contribution in [-0.4, -0.2) is 50.4 Å². The van der Waals surface area contributed by atoms with Gasteiger partial charge in [0.15, 0.2) is 23.9 Å². The number of amides is 1. The number of aryl methyl sites for hydroxylation is 1. The molecule has 1 amide bonds. The first-order valence-electron chi connectivity index (χ1n) is 11.2. The molecular formula is C26H30ClNO6. The number of rotatable bonds is 9. The second-order valence-electron chi connectivity index (χ2n) is 8.27. The Morgan fingerprint density at radius 1 is 1.06 bits per heavy atom. The van der Waals surface area contributed by atoms with E-state index in [1.807, 2.05) is 6.07 Å². The Balaban J connectivity index is 1.64. The smallest absolute Gasteiger partial charge is 0.306 e. The molecule has 3 rings (SSSR count). The summed E-state index contributed by atoms with van der Waals surface area (Å²) in [5, 5.41) is 0.435. The third-order valence-electron chi connectivity index (χ3n) is 6.34. The van der Waals surface area contributed by atoms with Gasteiger partial charge >= 0.3 is 5.97 Å². The maximum Gasteiger partial charge on any atom is 0.306 e. The van der Waals surface area contributed by atoms with E-state index in [1.165, 1.54) is 4.90 Å². The van der Waals surface area contributed by atoms with Crippen molar-refractivity contribution in [2.75, 3.05) is 27.9 Å². The van der Waals surface area contributed by atoms with Gasteiger partial charge in [0.1, 0.15) is 5.54 Å². The van der Waals surface area contributed by atoms with Crippen LogP contribution in [0.25, 0.3) is 0 Å². The summed E-state index contributed by atoms with van der Waals surface area (Å²) in [7, 11) is 4.68. The van der Waals surface area contributed by atoms with E-state index in [9.17, 15) is 14.4 Å². The number of hydrogen-bond acceptors (Lipinski definition) is 6. The predicted molar refractivity (Wildman–Crippen MR) is 128 cm³/mol. The lowest BCUT2D eigenvalue weighted by Crippen LogP contribution is -2.55. The zero-order valence-corrected chi connectivity index (χ0v) is 20.5. The summed E-state index contributed by atoms with van der Waals surface area (Å²) in [6, 6.07) is 12.5. The van der Waals surface area contributed by atoms with Crippen molar-refractivity contribution in [3.05, 3.63) is 58.6 Å². The first-order valence-corrected chi connectivity index (χ1v) is 11.6. The Bertz CT molecular complexity index is 1060. The van der Waals surface area contributed by atoms with Crippen LogP contribution in [0.1, 0.15) is 43.2 Å². The van der Waals surface area contributed by atoms with Gasteiger partial charge in [-0.05, 0) is 49.4 Å². The van der Waals surface area contributed by atoms with Gasteiger partial charge in [0, 0.05) is 30.5 Å². The van der Waals surface area contributed by atoms with Crippen LogP contribution in [0.2, 0.25) is 5.02 Å². The van der Waals surface area contributed by atoms with Crippen LogP contribution < -0.4 is 9.47 Å². The van der Waals surface area contributed by atoms with E-state index in [0.717, 1.165) is 18.4 Å². The summed E-state index contributed by atoms with van der Waals surface area (Å²) in [6.07, 6.45) is 2.93. The topological polar surface area (TPSA) is 82.1 Å². The molecular weight excluding hydrogens is 458 g/mol.